The molecule has 2 heterocycles. The number of hydrogen-bond acceptors (Lipinski definition) is 5. The van der Waals surface area contributed by atoms with Gasteiger partial charge in [-0.3, -0.25) is 9.89 Å². The number of nitrogens with zero attached hydrogens (tertiary/aromatic N) is 5. The number of aromatic amines is 2. The summed E-state index contributed by atoms with van der Waals surface area (Å²) >= 11 is 0. The van der Waals surface area contributed by atoms with Crippen LogP contribution in [0.1, 0.15) is 17.0 Å². The summed E-state index contributed by atoms with van der Waals surface area (Å²) in [5.74, 6) is 0.329. The fourth-order valence-electron chi connectivity index (χ4n) is 1.55. The van der Waals surface area contributed by atoms with Crippen LogP contribution in [-0.2, 0) is 7.05 Å². The second kappa shape index (κ2) is 4.29. The van der Waals surface area contributed by atoms with E-state index in [0.29, 0.717) is 22.8 Å². The summed E-state index contributed by atoms with van der Waals surface area (Å²) in [7, 11) is 1.66. The Balaban J connectivity index is 2.48. The lowest BCUT2D eigenvalue weighted by molar-refractivity contribution is 0.753. The van der Waals surface area contributed by atoms with E-state index in [1.54, 1.807) is 20.9 Å². The molecule has 92 valence electrons. The van der Waals surface area contributed by atoms with Crippen molar-refractivity contribution in [3.63, 3.8) is 0 Å². The zero-order valence-electron chi connectivity index (χ0n) is 10.1. The van der Waals surface area contributed by atoms with E-state index in [2.05, 4.69) is 25.5 Å². The third kappa shape index (κ3) is 1.82. The number of rotatable bonds is 2. The fourth-order valence-corrected chi connectivity index (χ4v) is 1.55. The third-order valence-electron chi connectivity index (χ3n) is 2.48. The molecule has 0 aliphatic heterocycles. The van der Waals surface area contributed by atoms with Crippen molar-refractivity contribution in [2.75, 3.05) is 0 Å². The van der Waals surface area contributed by atoms with Gasteiger partial charge in [0, 0.05) is 7.05 Å². The molecule has 0 aromatic carbocycles. The van der Waals surface area contributed by atoms with Crippen molar-refractivity contribution in [1.82, 2.24) is 20.0 Å². The molecule has 0 atom stereocenters. The maximum absolute atomic E-state index is 11.4. The van der Waals surface area contributed by atoms with Crippen LogP contribution < -0.4 is 5.56 Å². The second-order valence-corrected chi connectivity index (χ2v) is 3.77. The molecule has 2 aromatic rings. The van der Waals surface area contributed by atoms with Gasteiger partial charge in [-0.05, 0) is 13.8 Å². The molecule has 18 heavy (non-hydrogen) atoms. The van der Waals surface area contributed by atoms with Gasteiger partial charge in [0.15, 0.2) is 11.5 Å². The van der Waals surface area contributed by atoms with E-state index in [1.807, 2.05) is 6.07 Å². The Hall–Kier alpha value is -2.69. The van der Waals surface area contributed by atoms with Gasteiger partial charge < -0.3 is 5.10 Å². The summed E-state index contributed by atoms with van der Waals surface area (Å²) in [5, 5.41) is 25.9. The van der Waals surface area contributed by atoms with Crippen LogP contribution in [0.2, 0.25) is 0 Å². The van der Waals surface area contributed by atoms with Crippen LogP contribution in [0.3, 0.4) is 0 Å². The standard InChI is InChI=1S/C10H11N7O/c1-5-7(4-11)9(17(3)16-5)14-13-8-6(2)12-15-10(8)18/h1-3H3,(H2,12,15,18). The van der Waals surface area contributed by atoms with Crippen molar-refractivity contribution in [2.24, 2.45) is 17.3 Å². The minimum absolute atomic E-state index is 0.192. The van der Waals surface area contributed by atoms with Crippen LogP contribution >= 0.6 is 0 Å². The van der Waals surface area contributed by atoms with Crippen molar-refractivity contribution >= 4 is 11.5 Å². The summed E-state index contributed by atoms with van der Waals surface area (Å²) in [6.45, 7) is 3.41. The number of aryl methyl sites for hydroxylation is 3. The van der Waals surface area contributed by atoms with Crippen molar-refractivity contribution in [3.05, 3.63) is 27.3 Å². The number of aromatic nitrogens is 4. The molecule has 0 saturated heterocycles. The quantitative estimate of drug-likeness (QED) is 0.777. The van der Waals surface area contributed by atoms with Gasteiger partial charge in [0.25, 0.3) is 5.56 Å². The highest BCUT2D eigenvalue weighted by Gasteiger charge is 2.13. The zero-order valence-corrected chi connectivity index (χ0v) is 10.1. The van der Waals surface area contributed by atoms with E-state index in [-0.39, 0.29) is 11.2 Å². The Labute approximate surface area is 102 Å². The molecule has 0 aliphatic rings. The minimum atomic E-state index is -0.353. The predicted octanol–water partition coefficient (Wildman–Crippen LogP) is 1.34. The molecular formula is C10H11N7O. The van der Waals surface area contributed by atoms with Crippen LogP contribution in [0, 0.1) is 25.2 Å². The summed E-state index contributed by atoms with van der Waals surface area (Å²) in [5.41, 5.74) is 1.35. The molecule has 0 spiro atoms. The Bertz CT molecular complexity index is 710. The molecule has 0 amide bonds. The Morgan fingerprint density at radius 3 is 2.61 bits per heavy atom. The van der Waals surface area contributed by atoms with Gasteiger partial charge in [0.2, 0.25) is 0 Å². The predicted molar refractivity (Wildman–Crippen MR) is 63.0 cm³/mol. The molecule has 0 aliphatic carbocycles. The molecule has 0 saturated carbocycles. The van der Waals surface area contributed by atoms with Gasteiger partial charge in [-0.25, -0.2) is 4.68 Å². The normalized spacial score (nSPS) is 11.0. The second-order valence-electron chi connectivity index (χ2n) is 3.77. The highest BCUT2D eigenvalue weighted by Crippen LogP contribution is 2.23. The number of hydrogen-bond donors (Lipinski definition) is 2. The molecule has 8 heteroatoms. The van der Waals surface area contributed by atoms with Crippen molar-refractivity contribution in [1.29, 1.82) is 5.26 Å². The first-order valence-corrected chi connectivity index (χ1v) is 5.17. The zero-order chi connectivity index (χ0) is 13.3. The van der Waals surface area contributed by atoms with Gasteiger partial charge >= 0.3 is 0 Å². The molecule has 2 N–H and O–H groups in total. The summed E-state index contributed by atoms with van der Waals surface area (Å²) in [6.07, 6.45) is 0. The van der Waals surface area contributed by atoms with E-state index < -0.39 is 0 Å². The average Bonchev–Trinajstić information content (AvgIpc) is 2.77. The van der Waals surface area contributed by atoms with Gasteiger partial charge in [-0.1, -0.05) is 0 Å². The summed E-state index contributed by atoms with van der Waals surface area (Å²) in [6, 6.07) is 2.01. The largest absolute Gasteiger partial charge is 0.300 e. The lowest BCUT2D eigenvalue weighted by Gasteiger charge is -1.92. The van der Waals surface area contributed by atoms with E-state index in [9.17, 15) is 4.79 Å². The van der Waals surface area contributed by atoms with Crippen molar-refractivity contribution < 1.29 is 0 Å². The van der Waals surface area contributed by atoms with Crippen LogP contribution in [0.4, 0.5) is 11.5 Å². The van der Waals surface area contributed by atoms with Crippen molar-refractivity contribution in [3.8, 4) is 6.07 Å². The summed E-state index contributed by atoms with van der Waals surface area (Å²) < 4.78 is 1.45. The lowest BCUT2D eigenvalue weighted by Crippen LogP contribution is -1.96. The van der Waals surface area contributed by atoms with Crippen LogP contribution in [-0.4, -0.2) is 20.0 Å². The molecule has 0 unspecified atom stereocenters. The molecule has 0 radical (unpaired) electrons. The molecule has 0 fully saturated rings. The first-order chi connectivity index (χ1) is 8.54. The monoisotopic (exact) mass is 245 g/mol. The Morgan fingerprint density at radius 2 is 2.06 bits per heavy atom. The van der Waals surface area contributed by atoms with Gasteiger partial charge in [0.05, 0.1) is 11.4 Å². The number of nitriles is 1. The molecule has 8 nitrogen and oxygen atoms in total. The molecular weight excluding hydrogens is 234 g/mol. The Kier molecular flexibility index (Phi) is 2.81. The molecule has 2 aromatic heterocycles. The first-order valence-electron chi connectivity index (χ1n) is 5.17. The third-order valence-corrected chi connectivity index (χ3v) is 2.48. The van der Waals surface area contributed by atoms with E-state index >= 15 is 0 Å². The smallest absolute Gasteiger partial charge is 0.291 e. The minimum Gasteiger partial charge on any atom is -0.300 e. The number of azo groups is 1. The molecule has 2 rings (SSSR count). The van der Waals surface area contributed by atoms with E-state index in [0.717, 1.165) is 0 Å². The van der Waals surface area contributed by atoms with Crippen LogP contribution in [0.25, 0.3) is 0 Å². The maximum Gasteiger partial charge on any atom is 0.291 e. The first kappa shape index (κ1) is 11.8. The molecule has 0 bridgehead atoms. The van der Waals surface area contributed by atoms with Gasteiger partial charge in [-0.2, -0.15) is 10.4 Å². The van der Waals surface area contributed by atoms with Crippen molar-refractivity contribution in [2.45, 2.75) is 13.8 Å². The highest BCUT2D eigenvalue weighted by atomic mass is 16.1. The average molecular weight is 245 g/mol. The van der Waals surface area contributed by atoms with E-state index in [4.69, 9.17) is 5.26 Å². The van der Waals surface area contributed by atoms with E-state index in [1.165, 1.54) is 4.68 Å². The fraction of sp³-hybridized carbons (Fsp3) is 0.300. The highest BCUT2D eigenvalue weighted by molar-refractivity contribution is 5.51. The van der Waals surface area contributed by atoms with Crippen LogP contribution in [0.15, 0.2) is 15.0 Å². The van der Waals surface area contributed by atoms with Gasteiger partial charge in [0.1, 0.15) is 11.6 Å². The van der Waals surface area contributed by atoms with Gasteiger partial charge in [-0.15, -0.1) is 10.2 Å². The number of H-pyrrole nitrogens is 2. The number of nitrogens with one attached hydrogen (secondary N) is 2. The summed E-state index contributed by atoms with van der Waals surface area (Å²) in [4.78, 5) is 11.4. The van der Waals surface area contributed by atoms with Crippen LogP contribution in [0.5, 0.6) is 0 Å². The SMILES string of the molecule is Cc1nn(C)c(N=Nc2c(C)[nH][nH]c2=O)c1C#N. The topological polar surface area (TPSA) is 115 Å². The maximum atomic E-state index is 11.4. The Morgan fingerprint density at radius 1 is 1.33 bits per heavy atom. The lowest BCUT2D eigenvalue weighted by atomic mass is 10.3.